The van der Waals surface area contributed by atoms with Gasteiger partial charge in [-0.2, -0.15) is 13.2 Å². The number of hydrogen-bond donors (Lipinski definition) is 2. The number of rotatable bonds is 6. The van der Waals surface area contributed by atoms with Crippen LogP contribution in [0.3, 0.4) is 0 Å². The molecule has 0 unspecified atom stereocenters. The fourth-order valence-corrected chi connectivity index (χ4v) is 2.60. The summed E-state index contributed by atoms with van der Waals surface area (Å²) in [6.07, 6.45) is -6.24. The van der Waals surface area contributed by atoms with Gasteiger partial charge in [-0.25, -0.2) is 4.79 Å². The normalized spacial score (nSPS) is 17.2. The van der Waals surface area contributed by atoms with Crippen molar-refractivity contribution < 1.29 is 32.2 Å². The standard InChI is InChI=1S/C17H14ClF3N4O4/c18-10-3-1-9(2-4-10)14(23-15(26)12-7-22-16(27)29-12)11-5-6-13(25-24-11)28-8-17(19,20)21/h1-6,12,14H,7-8H2,(H,22,27)(H,23,26)/t12-,14+/m0/s1. The molecule has 0 saturated carbocycles. The highest BCUT2D eigenvalue weighted by atomic mass is 35.5. The minimum absolute atomic E-state index is 0.00784. The van der Waals surface area contributed by atoms with Crippen LogP contribution in [-0.4, -0.2) is 47.6 Å². The molecule has 1 saturated heterocycles. The predicted octanol–water partition coefficient (Wildman–Crippen LogP) is 2.39. The second-order valence-electron chi connectivity index (χ2n) is 5.97. The molecule has 1 aromatic heterocycles. The minimum Gasteiger partial charge on any atom is -0.467 e. The van der Waals surface area contributed by atoms with Gasteiger partial charge in [-0.1, -0.05) is 23.7 Å². The van der Waals surface area contributed by atoms with Gasteiger partial charge in [0.25, 0.3) is 5.91 Å². The number of nitrogens with one attached hydrogen (secondary N) is 2. The van der Waals surface area contributed by atoms with Crippen molar-refractivity contribution in [1.29, 1.82) is 0 Å². The van der Waals surface area contributed by atoms with E-state index in [1.54, 1.807) is 24.3 Å². The van der Waals surface area contributed by atoms with E-state index < -0.39 is 36.9 Å². The first-order valence-corrected chi connectivity index (χ1v) is 8.62. The van der Waals surface area contributed by atoms with Gasteiger partial charge in [-0.3, -0.25) is 4.79 Å². The van der Waals surface area contributed by atoms with E-state index in [4.69, 9.17) is 16.3 Å². The van der Waals surface area contributed by atoms with Gasteiger partial charge in [0.1, 0.15) is 0 Å². The molecule has 1 aliphatic rings. The Morgan fingerprint density at radius 2 is 2.00 bits per heavy atom. The second-order valence-corrected chi connectivity index (χ2v) is 6.40. The number of benzene rings is 1. The van der Waals surface area contributed by atoms with E-state index in [9.17, 15) is 22.8 Å². The summed E-state index contributed by atoms with van der Waals surface area (Å²) in [6, 6.07) is 8.24. The van der Waals surface area contributed by atoms with Gasteiger partial charge in [0, 0.05) is 11.1 Å². The number of cyclic esters (lactones) is 1. The smallest absolute Gasteiger partial charge is 0.422 e. The summed E-state index contributed by atoms with van der Waals surface area (Å²) in [5.74, 6) is -0.899. The van der Waals surface area contributed by atoms with Gasteiger partial charge in [-0.05, 0) is 23.8 Å². The number of amides is 2. The Kier molecular flexibility index (Phi) is 6.06. The van der Waals surface area contributed by atoms with Crippen molar-refractivity contribution in [3.05, 3.63) is 52.7 Å². The van der Waals surface area contributed by atoms with E-state index >= 15 is 0 Å². The van der Waals surface area contributed by atoms with Crippen LogP contribution in [0.5, 0.6) is 5.88 Å². The average molecular weight is 431 g/mol. The molecule has 1 fully saturated rings. The third-order valence-corrected chi connectivity index (χ3v) is 4.06. The number of halogens is 4. The molecule has 2 amide bonds. The van der Waals surface area contributed by atoms with Gasteiger partial charge in [0.05, 0.1) is 18.3 Å². The summed E-state index contributed by atoms with van der Waals surface area (Å²) in [7, 11) is 0. The highest BCUT2D eigenvalue weighted by Crippen LogP contribution is 2.24. The molecule has 0 spiro atoms. The molecule has 2 heterocycles. The molecule has 2 aromatic rings. The highest BCUT2D eigenvalue weighted by Gasteiger charge is 2.32. The lowest BCUT2D eigenvalue weighted by atomic mass is 10.0. The summed E-state index contributed by atoms with van der Waals surface area (Å²) < 4.78 is 46.1. The maximum absolute atomic E-state index is 12.4. The first kappa shape index (κ1) is 20.6. The topological polar surface area (TPSA) is 102 Å². The third-order valence-electron chi connectivity index (χ3n) is 3.80. The molecule has 1 aliphatic heterocycles. The van der Waals surface area contributed by atoms with E-state index in [1.807, 2.05) is 0 Å². The fraction of sp³-hybridized carbons (Fsp3) is 0.294. The van der Waals surface area contributed by atoms with E-state index in [1.165, 1.54) is 12.1 Å². The van der Waals surface area contributed by atoms with Crippen molar-refractivity contribution in [2.45, 2.75) is 18.3 Å². The Hall–Kier alpha value is -3.08. The number of hydrogen-bond acceptors (Lipinski definition) is 6. The Morgan fingerprint density at radius 3 is 2.55 bits per heavy atom. The van der Waals surface area contributed by atoms with Crippen molar-refractivity contribution in [2.75, 3.05) is 13.2 Å². The molecular formula is C17H14ClF3N4O4. The Morgan fingerprint density at radius 1 is 1.28 bits per heavy atom. The first-order valence-electron chi connectivity index (χ1n) is 8.25. The lowest BCUT2D eigenvalue weighted by molar-refractivity contribution is -0.154. The Labute approximate surface area is 167 Å². The first-order chi connectivity index (χ1) is 13.7. The molecule has 12 heteroatoms. The van der Waals surface area contributed by atoms with Crippen molar-refractivity contribution in [1.82, 2.24) is 20.8 Å². The van der Waals surface area contributed by atoms with Gasteiger partial charge in [0.2, 0.25) is 5.88 Å². The number of ether oxygens (including phenoxy) is 2. The van der Waals surface area contributed by atoms with Gasteiger partial charge >= 0.3 is 12.3 Å². The quantitative estimate of drug-likeness (QED) is 0.729. The SMILES string of the molecule is O=C1NC[C@@H](C(=O)N[C@H](c2ccc(Cl)cc2)c2ccc(OCC(F)(F)F)nn2)O1. The minimum atomic E-state index is -4.51. The molecular weight excluding hydrogens is 417 g/mol. The number of carbonyl (C=O) groups is 2. The van der Waals surface area contributed by atoms with Crippen LogP contribution in [0.2, 0.25) is 5.02 Å². The van der Waals surface area contributed by atoms with Crippen LogP contribution in [0.4, 0.5) is 18.0 Å². The van der Waals surface area contributed by atoms with Crippen LogP contribution in [0, 0.1) is 0 Å². The van der Waals surface area contributed by atoms with Crippen molar-refractivity contribution in [3.8, 4) is 5.88 Å². The van der Waals surface area contributed by atoms with Crippen LogP contribution in [0.15, 0.2) is 36.4 Å². The summed E-state index contributed by atoms with van der Waals surface area (Å²) in [6.45, 7) is -1.49. The molecule has 0 bridgehead atoms. The van der Waals surface area contributed by atoms with Crippen LogP contribution in [-0.2, 0) is 9.53 Å². The Balaban J connectivity index is 1.80. The summed E-state index contributed by atoms with van der Waals surface area (Å²) in [5, 5.41) is 13.0. The zero-order valence-corrected chi connectivity index (χ0v) is 15.3. The van der Waals surface area contributed by atoms with Crippen LogP contribution in [0.1, 0.15) is 17.3 Å². The average Bonchev–Trinajstić information content (AvgIpc) is 3.12. The van der Waals surface area contributed by atoms with Crippen molar-refractivity contribution >= 4 is 23.6 Å². The lowest BCUT2D eigenvalue weighted by Crippen LogP contribution is -2.39. The van der Waals surface area contributed by atoms with Gasteiger partial charge in [-0.15, -0.1) is 10.2 Å². The summed E-state index contributed by atoms with van der Waals surface area (Å²) in [5.41, 5.74) is 0.815. The molecule has 2 atom stereocenters. The summed E-state index contributed by atoms with van der Waals surface area (Å²) >= 11 is 5.89. The van der Waals surface area contributed by atoms with E-state index in [0.29, 0.717) is 10.6 Å². The molecule has 8 nitrogen and oxygen atoms in total. The molecule has 154 valence electrons. The van der Waals surface area contributed by atoms with Crippen LogP contribution < -0.4 is 15.4 Å². The fourth-order valence-electron chi connectivity index (χ4n) is 2.47. The van der Waals surface area contributed by atoms with Gasteiger partial charge < -0.3 is 20.1 Å². The predicted molar refractivity (Wildman–Crippen MR) is 93.3 cm³/mol. The van der Waals surface area contributed by atoms with E-state index in [2.05, 4.69) is 25.6 Å². The number of alkyl halides is 3. The van der Waals surface area contributed by atoms with Crippen LogP contribution in [0.25, 0.3) is 0 Å². The zero-order chi connectivity index (χ0) is 21.0. The monoisotopic (exact) mass is 430 g/mol. The number of alkyl carbamates (subject to hydrolysis) is 1. The molecule has 3 rings (SSSR count). The molecule has 1 aromatic carbocycles. The zero-order valence-electron chi connectivity index (χ0n) is 14.6. The third kappa shape index (κ3) is 5.70. The number of carbonyl (C=O) groups excluding carboxylic acids is 2. The van der Waals surface area contributed by atoms with Crippen LogP contribution >= 0.6 is 11.6 Å². The van der Waals surface area contributed by atoms with Crippen molar-refractivity contribution in [2.24, 2.45) is 0 Å². The lowest BCUT2D eigenvalue weighted by Gasteiger charge is -2.20. The maximum atomic E-state index is 12.4. The molecule has 0 aliphatic carbocycles. The number of aromatic nitrogens is 2. The van der Waals surface area contributed by atoms with E-state index in [-0.39, 0.29) is 18.1 Å². The second kappa shape index (κ2) is 8.52. The molecule has 29 heavy (non-hydrogen) atoms. The molecule has 0 radical (unpaired) electrons. The van der Waals surface area contributed by atoms with Gasteiger partial charge in [0.15, 0.2) is 12.7 Å². The molecule has 2 N–H and O–H groups in total. The van der Waals surface area contributed by atoms with Crippen molar-refractivity contribution in [3.63, 3.8) is 0 Å². The maximum Gasteiger partial charge on any atom is 0.422 e. The largest absolute Gasteiger partial charge is 0.467 e. The van der Waals surface area contributed by atoms with E-state index in [0.717, 1.165) is 0 Å². The highest BCUT2D eigenvalue weighted by molar-refractivity contribution is 6.30. The Bertz CT molecular complexity index is 878. The number of nitrogens with zero attached hydrogens (tertiary/aromatic N) is 2. The summed E-state index contributed by atoms with van der Waals surface area (Å²) in [4.78, 5) is 23.6.